The molecular weight excluding hydrogens is 364 g/mol. The third-order valence-corrected chi connectivity index (χ3v) is 5.34. The third-order valence-electron chi connectivity index (χ3n) is 3.97. The molecule has 0 aliphatic carbocycles. The molecule has 2 aromatic carbocycles. The summed E-state index contributed by atoms with van der Waals surface area (Å²) in [5.41, 5.74) is 1.59. The van der Waals surface area contributed by atoms with E-state index < -0.39 is 10.0 Å². The molecule has 6 nitrogen and oxygen atoms in total. The number of carbonyl (C=O) groups is 1. The quantitative estimate of drug-likeness (QED) is 0.754. The Morgan fingerprint density at radius 1 is 1.04 bits per heavy atom. The van der Waals surface area contributed by atoms with Crippen molar-refractivity contribution >= 4 is 21.6 Å². The number of methoxy groups -OCH3 is 1. The molecule has 146 valence electrons. The van der Waals surface area contributed by atoms with Gasteiger partial charge in [0.1, 0.15) is 5.75 Å². The van der Waals surface area contributed by atoms with Crippen molar-refractivity contribution in [2.24, 2.45) is 0 Å². The average molecular weight is 391 g/mol. The lowest BCUT2D eigenvalue weighted by molar-refractivity contribution is 0.0940. The molecule has 2 aromatic rings. The van der Waals surface area contributed by atoms with Crippen molar-refractivity contribution in [3.8, 4) is 5.75 Å². The highest BCUT2D eigenvalue weighted by molar-refractivity contribution is 7.92. The fourth-order valence-corrected chi connectivity index (χ4v) is 3.78. The van der Waals surface area contributed by atoms with Crippen LogP contribution in [0.15, 0.2) is 47.4 Å². The summed E-state index contributed by atoms with van der Waals surface area (Å²) in [6, 6.07) is 11.4. The van der Waals surface area contributed by atoms with Crippen LogP contribution in [0.25, 0.3) is 0 Å². The number of para-hydroxylation sites is 1. The van der Waals surface area contributed by atoms with Crippen LogP contribution in [0.2, 0.25) is 0 Å². The minimum absolute atomic E-state index is 0.00392. The molecule has 0 saturated heterocycles. The van der Waals surface area contributed by atoms with Gasteiger partial charge in [-0.15, -0.1) is 0 Å². The second-order valence-corrected chi connectivity index (χ2v) is 8.52. The molecule has 0 atom stereocenters. The summed E-state index contributed by atoms with van der Waals surface area (Å²) in [6.45, 7) is 7.65. The molecule has 27 heavy (non-hydrogen) atoms. The minimum Gasteiger partial charge on any atom is -0.496 e. The van der Waals surface area contributed by atoms with E-state index in [1.165, 1.54) is 25.3 Å². The average Bonchev–Trinajstić information content (AvgIpc) is 2.60. The monoisotopic (exact) mass is 390 g/mol. The van der Waals surface area contributed by atoms with Gasteiger partial charge in [0.15, 0.2) is 0 Å². The highest BCUT2D eigenvalue weighted by Crippen LogP contribution is 2.28. The van der Waals surface area contributed by atoms with E-state index in [2.05, 4.69) is 10.0 Å². The molecule has 0 bridgehead atoms. The van der Waals surface area contributed by atoms with Crippen LogP contribution in [0.3, 0.4) is 0 Å². The van der Waals surface area contributed by atoms with E-state index in [9.17, 15) is 13.2 Å². The maximum atomic E-state index is 12.9. The first-order valence-electron chi connectivity index (χ1n) is 8.76. The summed E-state index contributed by atoms with van der Waals surface area (Å²) in [5, 5.41) is 2.75. The highest BCUT2D eigenvalue weighted by Gasteiger charge is 2.21. The van der Waals surface area contributed by atoms with Gasteiger partial charge in [0.25, 0.3) is 15.9 Å². The van der Waals surface area contributed by atoms with Crippen molar-refractivity contribution < 1.29 is 17.9 Å². The predicted molar refractivity (Wildman–Crippen MR) is 107 cm³/mol. The SMILES string of the molecule is COc1ccc(S(=O)(=O)Nc2ccccc2C(C)C)cc1C(=O)NC(C)C. The number of sulfonamides is 1. The van der Waals surface area contributed by atoms with Crippen molar-refractivity contribution in [2.45, 2.75) is 44.6 Å². The molecule has 2 rings (SSSR count). The second kappa shape index (κ2) is 8.43. The van der Waals surface area contributed by atoms with Gasteiger partial charge in [-0.25, -0.2) is 8.42 Å². The molecule has 7 heteroatoms. The molecule has 0 radical (unpaired) electrons. The van der Waals surface area contributed by atoms with Crippen LogP contribution in [-0.2, 0) is 10.0 Å². The van der Waals surface area contributed by atoms with Gasteiger partial charge in [-0.05, 0) is 49.6 Å². The van der Waals surface area contributed by atoms with Crippen molar-refractivity contribution in [3.63, 3.8) is 0 Å². The zero-order valence-corrected chi connectivity index (χ0v) is 17.1. The standard InChI is InChI=1S/C20H26N2O4S/c1-13(2)16-8-6-7-9-18(16)22-27(24,25)15-10-11-19(26-5)17(12-15)20(23)21-14(3)4/h6-14,22H,1-5H3,(H,21,23). The van der Waals surface area contributed by atoms with E-state index >= 15 is 0 Å². The summed E-state index contributed by atoms with van der Waals surface area (Å²) in [5.74, 6) is 0.0864. The normalized spacial score (nSPS) is 11.5. The van der Waals surface area contributed by atoms with Gasteiger partial charge in [0.05, 0.1) is 23.3 Å². The molecule has 0 spiro atoms. The minimum atomic E-state index is -3.86. The summed E-state index contributed by atoms with van der Waals surface area (Å²) >= 11 is 0. The fraction of sp³-hybridized carbons (Fsp3) is 0.350. The van der Waals surface area contributed by atoms with Gasteiger partial charge < -0.3 is 10.1 Å². The number of hydrogen-bond acceptors (Lipinski definition) is 4. The Labute approximate surface area is 161 Å². The van der Waals surface area contributed by atoms with Gasteiger partial charge >= 0.3 is 0 Å². The number of nitrogens with one attached hydrogen (secondary N) is 2. The number of carbonyl (C=O) groups excluding carboxylic acids is 1. The lowest BCUT2D eigenvalue weighted by Gasteiger charge is -2.16. The molecule has 2 N–H and O–H groups in total. The number of benzene rings is 2. The maximum absolute atomic E-state index is 12.9. The number of amides is 1. The lowest BCUT2D eigenvalue weighted by atomic mass is 10.0. The second-order valence-electron chi connectivity index (χ2n) is 6.84. The van der Waals surface area contributed by atoms with Gasteiger partial charge in [-0.2, -0.15) is 0 Å². The molecule has 0 heterocycles. The topological polar surface area (TPSA) is 84.5 Å². The molecule has 1 amide bonds. The van der Waals surface area contributed by atoms with Gasteiger partial charge in [0, 0.05) is 6.04 Å². The molecule has 0 unspecified atom stereocenters. The summed E-state index contributed by atoms with van der Waals surface area (Å²) in [6.07, 6.45) is 0. The molecular formula is C20H26N2O4S. The Morgan fingerprint density at radius 3 is 2.30 bits per heavy atom. The summed E-state index contributed by atoms with van der Waals surface area (Å²) in [4.78, 5) is 12.4. The van der Waals surface area contributed by atoms with Crippen LogP contribution >= 0.6 is 0 Å². The van der Waals surface area contributed by atoms with Gasteiger partial charge in [0.2, 0.25) is 0 Å². The van der Waals surface area contributed by atoms with Gasteiger partial charge in [-0.3, -0.25) is 9.52 Å². The van der Waals surface area contributed by atoms with Crippen LogP contribution in [0.5, 0.6) is 5.75 Å². The lowest BCUT2D eigenvalue weighted by Crippen LogP contribution is -2.30. The van der Waals surface area contributed by atoms with Crippen molar-refractivity contribution in [2.75, 3.05) is 11.8 Å². The number of rotatable bonds is 7. The number of anilines is 1. The van der Waals surface area contributed by atoms with E-state index in [-0.39, 0.29) is 28.3 Å². The molecule has 0 aliphatic rings. The largest absolute Gasteiger partial charge is 0.496 e. The molecule has 0 aromatic heterocycles. The van der Waals surface area contributed by atoms with Crippen LogP contribution in [0.1, 0.15) is 49.5 Å². The Morgan fingerprint density at radius 2 is 1.70 bits per heavy atom. The first-order chi connectivity index (χ1) is 12.7. The number of hydrogen-bond donors (Lipinski definition) is 2. The Bertz CT molecular complexity index is 921. The van der Waals surface area contributed by atoms with Crippen LogP contribution < -0.4 is 14.8 Å². The first-order valence-corrected chi connectivity index (χ1v) is 10.2. The fourth-order valence-electron chi connectivity index (χ4n) is 2.67. The van der Waals surface area contributed by atoms with Crippen LogP contribution in [0.4, 0.5) is 5.69 Å². The molecule has 0 fully saturated rings. The van der Waals surface area contributed by atoms with Crippen molar-refractivity contribution in [1.82, 2.24) is 5.32 Å². The Kier molecular flexibility index (Phi) is 6.49. The first kappa shape index (κ1) is 20.8. The van der Waals surface area contributed by atoms with Crippen molar-refractivity contribution in [3.05, 3.63) is 53.6 Å². The van der Waals surface area contributed by atoms with E-state index in [4.69, 9.17) is 4.74 Å². The van der Waals surface area contributed by atoms with Gasteiger partial charge in [-0.1, -0.05) is 32.0 Å². The van der Waals surface area contributed by atoms with E-state index in [0.29, 0.717) is 11.4 Å². The number of ether oxygens (including phenoxy) is 1. The molecule has 0 saturated carbocycles. The van der Waals surface area contributed by atoms with E-state index in [1.807, 2.05) is 39.8 Å². The van der Waals surface area contributed by atoms with Crippen LogP contribution in [0, 0.1) is 0 Å². The Hall–Kier alpha value is -2.54. The van der Waals surface area contributed by atoms with Crippen molar-refractivity contribution in [1.29, 1.82) is 0 Å². The predicted octanol–water partition coefficient (Wildman–Crippen LogP) is 3.76. The van der Waals surface area contributed by atoms with E-state index in [1.54, 1.807) is 12.1 Å². The molecule has 0 aliphatic heterocycles. The van der Waals surface area contributed by atoms with E-state index in [0.717, 1.165) is 5.56 Å². The summed E-state index contributed by atoms with van der Waals surface area (Å²) < 4.78 is 33.6. The summed E-state index contributed by atoms with van der Waals surface area (Å²) in [7, 11) is -2.43. The highest BCUT2D eigenvalue weighted by atomic mass is 32.2. The smallest absolute Gasteiger partial charge is 0.261 e. The maximum Gasteiger partial charge on any atom is 0.261 e. The third kappa shape index (κ3) is 5.01. The zero-order chi connectivity index (χ0) is 20.2. The van der Waals surface area contributed by atoms with Crippen LogP contribution in [-0.4, -0.2) is 27.5 Å². The zero-order valence-electron chi connectivity index (χ0n) is 16.2. The Balaban J connectivity index is 2.43.